The Morgan fingerprint density at radius 1 is 1.03 bits per heavy atom. The first-order chi connectivity index (χ1) is 14.4. The van der Waals surface area contributed by atoms with Crippen LogP contribution >= 0.6 is 23.1 Å². The molecule has 0 saturated heterocycles. The monoisotopic (exact) mass is 437 g/mol. The van der Waals surface area contributed by atoms with Crippen molar-refractivity contribution in [2.24, 2.45) is 0 Å². The van der Waals surface area contributed by atoms with Gasteiger partial charge in [-0.3, -0.25) is 10.2 Å². The highest BCUT2D eigenvalue weighted by Gasteiger charge is 2.15. The van der Waals surface area contributed by atoms with Gasteiger partial charge in [-0.05, 0) is 57.5 Å². The highest BCUT2D eigenvalue weighted by molar-refractivity contribution is 7.99. The van der Waals surface area contributed by atoms with Crippen LogP contribution in [-0.2, 0) is 4.79 Å². The molecule has 0 spiro atoms. The number of carbonyl (C=O) groups is 1. The van der Waals surface area contributed by atoms with Gasteiger partial charge in [-0.25, -0.2) is 14.6 Å². The lowest BCUT2D eigenvalue weighted by Gasteiger charge is -2.13. The third-order valence-electron chi connectivity index (χ3n) is 4.73. The van der Waals surface area contributed by atoms with E-state index in [-0.39, 0.29) is 11.7 Å². The Morgan fingerprint density at radius 2 is 1.77 bits per heavy atom. The number of fused-ring (bicyclic) bond motifs is 1. The van der Waals surface area contributed by atoms with E-state index in [1.165, 1.54) is 34.2 Å². The highest BCUT2D eigenvalue weighted by Crippen LogP contribution is 2.27. The molecular formula is C22H23N5OS2. The van der Waals surface area contributed by atoms with E-state index in [1.54, 1.807) is 0 Å². The number of carbonyl (C=O) groups excluding carboxylic acids is 1. The van der Waals surface area contributed by atoms with Crippen molar-refractivity contribution in [3.8, 4) is 0 Å². The fraction of sp³-hybridized carbons (Fsp3) is 0.227. The molecule has 0 radical (unpaired) electrons. The Hall–Kier alpha value is -2.84. The summed E-state index contributed by atoms with van der Waals surface area (Å²) in [5, 5.41) is 4.28. The smallest absolute Gasteiger partial charge is 0.236 e. The normalized spacial score (nSPS) is 11.1. The molecule has 0 aliphatic rings. The van der Waals surface area contributed by atoms with Crippen molar-refractivity contribution in [1.82, 2.24) is 14.6 Å². The van der Waals surface area contributed by atoms with Crippen LogP contribution in [-0.4, -0.2) is 26.3 Å². The first-order valence-electron chi connectivity index (χ1n) is 9.58. The largest absolute Gasteiger partial charge is 0.301 e. The van der Waals surface area contributed by atoms with E-state index in [1.807, 2.05) is 49.7 Å². The molecule has 8 heteroatoms. The van der Waals surface area contributed by atoms with Crippen LogP contribution in [0, 0.1) is 27.7 Å². The number of amides is 1. The predicted molar refractivity (Wildman–Crippen MR) is 126 cm³/mol. The van der Waals surface area contributed by atoms with E-state index in [0.717, 1.165) is 32.4 Å². The van der Waals surface area contributed by atoms with E-state index < -0.39 is 0 Å². The van der Waals surface area contributed by atoms with Crippen molar-refractivity contribution in [2.75, 3.05) is 16.5 Å². The second-order valence-corrected chi connectivity index (χ2v) is 9.18. The molecular weight excluding hydrogens is 414 g/mol. The van der Waals surface area contributed by atoms with Crippen molar-refractivity contribution >= 4 is 50.0 Å². The lowest BCUT2D eigenvalue weighted by molar-refractivity contribution is -0.113. The van der Waals surface area contributed by atoms with Crippen LogP contribution in [0.3, 0.4) is 0 Å². The molecule has 0 unspecified atom stereocenters. The molecule has 2 heterocycles. The van der Waals surface area contributed by atoms with Gasteiger partial charge in [0, 0.05) is 0 Å². The molecule has 0 aliphatic carbocycles. The summed E-state index contributed by atoms with van der Waals surface area (Å²) in [6.45, 7) is 8.08. The van der Waals surface area contributed by atoms with E-state index in [2.05, 4.69) is 45.8 Å². The number of anilines is 2. The maximum Gasteiger partial charge on any atom is 0.236 e. The van der Waals surface area contributed by atoms with Gasteiger partial charge in [-0.1, -0.05) is 46.9 Å². The number of nitrogens with one attached hydrogen (secondary N) is 2. The van der Waals surface area contributed by atoms with Crippen LogP contribution in [0.1, 0.15) is 22.5 Å². The molecule has 154 valence electrons. The molecule has 2 N–H and O–H groups in total. The minimum absolute atomic E-state index is 0.101. The molecule has 6 nitrogen and oxygen atoms in total. The number of hydrogen-bond donors (Lipinski definition) is 2. The number of thiazole rings is 1. The number of thioether (sulfide) groups is 1. The SMILES string of the molecule is Cc1ccc(Nn2c(SCC(=O)Nc3nc4ccc(C)cc4s3)nc(C)c2C)cc1. The van der Waals surface area contributed by atoms with Gasteiger partial charge in [0.2, 0.25) is 5.91 Å². The lowest BCUT2D eigenvalue weighted by atomic mass is 10.2. The van der Waals surface area contributed by atoms with Gasteiger partial charge in [-0.15, -0.1) is 0 Å². The van der Waals surface area contributed by atoms with Crippen LogP contribution in [0.2, 0.25) is 0 Å². The zero-order chi connectivity index (χ0) is 21.3. The van der Waals surface area contributed by atoms with Gasteiger partial charge < -0.3 is 5.32 Å². The summed E-state index contributed by atoms with van der Waals surface area (Å²) >= 11 is 2.88. The molecule has 4 rings (SSSR count). The highest BCUT2D eigenvalue weighted by atomic mass is 32.2. The topological polar surface area (TPSA) is 71.8 Å². The lowest BCUT2D eigenvalue weighted by Crippen LogP contribution is -2.16. The standard InChI is InChI=1S/C22H23N5OS2/c1-13-5-8-17(9-6-13)26-27-16(4)15(3)23-22(27)29-12-20(28)25-21-24-18-10-7-14(2)11-19(18)30-21/h5-11,26H,12H2,1-4H3,(H,24,25,28). The van der Waals surface area contributed by atoms with Crippen LogP contribution in [0.15, 0.2) is 47.6 Å². The van der Waals surface area contributed by atoms with Crippen molar-refractivity contribution < 1.29 is 4.79 Å². The first kappa shape index (κ1) is 20.4. The molecule has 4 aromatic rings. The van der Waals surface area contributed by atoms with Gasteiger partial charge in [0.15, 0.2) is 10.3 Å². The average Bonchev–Trinajstić information content (AvgIpc) is 3.22. The van der Waals surface area contributed by atoms with Crippen LogP contribution in [0.25, 0.3) is 10.2 Å². The minimum Gasteiger partial charge on any atom is -0.301 e. The third kappa shape index (κ3) is 4.49. The molecule has 0 fully saturated rings. The molecule has 30 heavy (non-hydrogen) atoms. The minimum atomic E-state index is -0.101. The van der Waals surface area contributed by atoms with Crippen LogP contribution in [0.5, 0.6) is 0 Å². The quantitative estimate of drug-likeness (QED) is 0.399. The number of benzene rings is 2. The van der Waals surface area contributed by atoms with Gasteiger partial charge in [-0.2, -0.15) is 0 Å². The molecule has 0 atom stereocenters. The Bertz CT molecular complexity index is 1210. The summed E-state index contributed by atoms with van der Waals surface area (Å²) in [4.78, 5) is 21.6. The molecule has 0 bridgehead atoms. The molecule has 0 saturated carbocycles. The second kappa shape index (κ2) is 8.49. The summed E-state index contributed by atoms with van der Waals surface area (Å²) in [6.07, 6.45) is 0. The van der Waals surface area contributed by atoms with E-state index in [9.17, 15) is 4.79 Å². The summed E-state index contributed by atoms with van der Waals surface area (Å²) in [6, 6.07) is 14.2. The number of imidazole rings is 1. The number of aromatic nitrogens is 3. The van der Waals surface area contributed by atoms with Crippen molar-refractivity contribution in [3.05, 3.63) is 65.0 Å². The fourth-order valence-electron chi connectivity index (χ4n) is 2.94. The van der Waals surface area contributed by atoms with Gasteiger partial charge in [0.1, 0.15) is 0 Å². The van der Waals surface area contributed by atoms with E-state index in [4.69, 9.17) is 0 Å². The maximum absolute atomic E-state index is 12.5. The Balaban J connectivity index is 1.44. The van der Waals surface area contributed by atoms with Crippen molar-refractivity contribution in [1.29, 1.82) is 0 Å². The summed E-state index contributed by atoms with van der Waals surface area (Å²) < 4.78 is 3.00. The Labute approximate surface area is 183 Å². The first-order valence-corrected chi connectivity index (χ1v) is 11.4. The maximum atomic E-state index is 12.5. The average molecular weight is 438 g/mol. The van der Waals surface area contributed by atoms with Crippen LogP contribution in [0.4, 0.5) is 10.8 Å². The zero-order valence-electron chi connectivity index (χ0n) is 17.3. The predicted octanol–water partition coefficient (Wildman–Crippen LogP) is 5.33. The van der Waals surface area contributed by atoms with E-state index >= 15 is 0 Å². The summed E-state index contributed by atoms with van der Waals surface area (Å²) in [5.41, 5.74) is 9.57. The van der Waals surface area contributed by atoms with Crippen molar-refractivity contribution in [2.45, 2.75) is 32.9 Å². The Kier molecular flexibility index (Phi) is 5.78. The van der Waals surface area contributed by atoms with Crippen LogP contribution < -0.4 is 10.7 Å². The molecule has 2 aromatic carbocycles. The molecule has 2 aromatic heterocycles. The second-order valence-electron chi connectivity index (χ2n) is 7.21. The number of nitrogens with zero attached hydrogens (tertiary/aromatic N) is 3. The zero-order valence-corrected chi connectivity index (χ0v) is 18.9. The van der Waals surface area contributed by atoms with Gasteiger partial charge >= 0.3 is 0 Å². The Morgan fingerprint density at radius 3 is 2.53 bits per heavy atom. The molecule has 0 aliphatic heterocycles. The number of hydrogen-bond acceptors (Lipinski definition) is 6. The number of aryl methyl sites for hydroxylation is 3. The van der Waals surface area contributed by atoms with E-state index in [0.29, 0.717) is 5.13 Å². The molecule has 1 amide bonds. The number of rotatable bonds is 6. The van der Waals surface area contributed by atoms with Crippen molar-refractivity contribution in [3.63, 3.8) is 0 Å². The van der Waals surface area contributed by atoms with Gasteiger partial charge in [0.25, 0.3) is 0 Å². The summed E-state index contributed by atoms with van der Waals surface area (Å²) in [5.74, 6) is 0.149. The van der Waals surface area contributed by atoms with Gasteiger partial charge in [0.05, 0.1) is 33.0 Å². The fourth-order valence-corrected chi connectivity index (χ4v) is 4.76. The summed E-state index contributed by atoms with van der Waals surface area (Å²) in [7, 11) is 0. The third-order valence-corrected chi connectivity index (χ3v) is 6.60.